The van der Waals surface area contributed by atoms with Crippen LogP contribution in [0.15, 0.2) is 30.5 Å². The Morgan fingerprint density at radius 3 is 2.96 bits per heavy atom. The molecule has 1 fully saturated rings. The highest BCUT2D eigenvalue weighted by molar-refractivity contribution is 6.33. The zero-order valence-corrected chi connectivity index (χ0v) is 13.2. The Labute approximate surface area is 138 Å². The minimum absolute atomic E-state index is 0.124. The minimum atomic E-state index is -0.427. The number of hydrogen-bond donors (Lipinski definition) is 2. The van der Waals surface area contributed by atoms with Gasteiger partial charge in [0.15, 0.2) is 0 Å². The van der Waals surface area contributed by atoms with Crippen molar-refractivity contribution in [2.75, 3.05) is 13.1 Å². The van der Waals surface area contributed by atoms with E-state index < -0.39 is 5.91 Å². The number of likely N-dealkylation sites (tertiary alicyclic amines) is 1. The molecule has 0 unspecified atom stereocenters. The Hall–Kier alpha value is -2.34. The minimum Gasteiger partial charge on any atom is -0.366 e. The molecule has 1 atom stereocenters. The first-order valence-electron chi connectivity index (χ1n) is 7.41. The molecular weight excluding hydrogens is 316 g/mol. The number of aromatic nitrogens is 2. The van der Waals surface area contributed by atoms with Gasteiger partial charge in [-0.3, -0.25) is 14.7 Å². The molecule has 1 aliphatic heterocycles. The number of aromatic amines is 1. The number of H-pyrrole nitrogens is 1. The van der Waals surface area contributed by atoms with Crippen LogP contribution in [-0.4, -0.2) is 40.0 Å². The molecule has 2 aromatic rings. The first-order chi connectivity index (χ1) is 11.0. The molecule has 0 saturated carbocycles. The number of carbonyl (C=O) groups excluding carboxylic acids is 2. The van der Waals surface area contributed by atoms with E-state index in [1.165, 1.54) is 6.20 Å². The second-order valence-electron chi connectivity index (χ2n) is 5.77. The van der Waals surface area contributed by atoms with Gasteiger partial charge in [-0.25, -0.2) is 0 Å². The van der Waals surface area contributed by atoms with E-state index in [4.69, 9.17) is 17.3 Å². The van der Waals surface area contributed by atoms with E-state index >= 15 is 0 Å². The predicted molar refractivity (Wildman–Crippen MR) is 86.3 cm³/mol. The molecule has 1 saturated heterocycles. The van der Waals surface area contributed by atoms with Crippen LogP contribution in [0.1, 0.15) is 32.8 Å². The van der Waals surface area contributed by atoms with Gasteiger partial charge in [-0.2, -0.15) is 5.10 Å². The molecule has 0 spiro atoms. The summed E-state index contributed by atoms with van der Waals surface area (Å²) < 4.78 is 0. The van der Waals surface area contributed by atoms with Crippen molar-refractivity contribution in [3.63, 3.8) is 0 Å². The van der Waals surface area contributed by atoms with Crippen LogP contribution in [0.3, 0.4) is 0 Å². The summed E-state index contributed by atoms with van der Waals surface area (Å²) >= 11 is 5.94. The maximum Gasteiger partial charge on any atom is 0.273 e. The fraction of sp³-hybridized carbons (Fsp3) is 0.312. The third-order valence-corrected chi connectivity index (χ3v) is 4.40. The molecule has 3 rings (SSSR count). The Morgan fingerprint density at radius 1 is 1.43 bits per heavy atom. The average molecular weight is 333 g/mol. The maximum absolute atomic E-state index is 12.4. The second-order valence-corrected chi connectivity index (χ2v) is 6.17. The van der Waals surface area contributed by atoms with Crippen molar-refractivity contribution in [2.24, 2.45) is 11.7 Å². The van der Waals surface area contributed by atoms with Gasteiger partial charge in [0.1, 0.15) is 5.69 Å². The Balaban J connectivity index is 1.64. The van der Waals surface area contributed by atoms with Gasteiger partial charge in [0.2, 0.25) is 5.91 Å². The molecule has 1 aliphatic rings. The van der Waals surface area contributed by atoms with Crippen LogP contribution in [-0.2, 0) is 6.42 Å². The van der Waals surface area contributed by atoms with Crippen molar-refractivity contribution < 1.29 is 9.59 Å². The third kappa shape index (κ3) is 3.37. The highest BCUT2D eigenvalue weighted by atomic mass is 35.5. The fourth-order valence-corrected chi connectivity index (χ4v) is 3.12. The molecule has 2 amide bonds. The van der Waals surface area contributed by atoms with E-state index in [0.717, 1.165) is 18.4 Å². The van der Waals surface area contributed by atoms with Crippen LogP contribution in [0.5, 0.6) is 0 Å². The van der Waals surface area contributed by atoms with Gasteiger partial charge in [0, 0.05) is 18.7 Å². The normalized spacial score (nSPS) is 17.4. The largest absolute Gasteiger partial charge is 0.366 e. The maximum atomic E-state index is 12.4. The van der Waals surface area contributed by atoms with Crippen molar-refractivity contribution in [1.29, 1.82) is 0 Å². The van der Waals surface area contributed by atoms with Gasteiger partial charge in [-0.15, -0.1) is 0 Å². The summed E-state index contributed by atoms with van der Waals surface area (Å²) in [5.74, 6) is -0.200. The van der Waals surface area contributed by atoms with Gasteiger partial charge in [0.25, 0.3) is 5.91 Å². The lowest BCUT2D eigenvalue weighted by atomic mass is 9.97. The predicted octanol–water partition coefficient (Wildman–Crippen LogP) is 1.87. The molecular formula is C16H17ClN4O2. The number of primary amides is 1. The van der Waals surface area contributed by atoms with Crippen LogP contribution in [0, 0.1) is 5.92 Å². The summed E-state index contributed by atoms with van der Waals surface area (Å²) in [5.41, 5.74) is 7.21. The van der Waals surface area contributed by atoms with E-state index in [1.807, 2.05) is 18.2 Å². The van der Waals surface area contributed by atoms with Crippen molar-refractivity contribution in [3.8, 4) is 0 Å². The first kappa shape index (κ1) is 15.6. The molecule has 3 N–H and O–H groups in total. The highest BCUT2D eigenvalue weighted by Gasteiger charge is 2.28. The standard InChI is InChI=1S/C16H17ClN4O2/c17-13-8-19-20-14(13)16(23)21-5-4-11(9-21)6-10-2-1-3-12(7-10)15(18)22/h1-3,7-8,11H,4-6,9H2,(H2,18,22)(H,19,20)/t11-/m1/s1. The molecule has 1 aromatic heterocycles. The van der Waals surface area contributed by atoms with Crippen molar-refractivity contribution >= 4 is 23.4 Å². The summed E-state index contributed by atoms with van der Waals surface area (Å²) in [5, 5.41) is 6.76. The van der Waals surface area contributed by atoms with Gasteiger partial charge in [-0.05, 0) is 36.5 Å². The number of carbonyl (C=O) groups is 2. The molecule has 0 radical (unpaired) electrons. The number of hydrogen-bond acceptors (Lipinski definition) is 3. The number of rotatable bonds is 4. The highest BCUT2D eigenvalue weighted by Crippen LogP contribution is 2.24. The smallest absolute Gasteiger partial charge is 0.273 e. The summed E-state index contributed by atoms with van der Waals surface area (Å²) in [6.45, 7) is 1.35. The molecule has 1 aromatic carbocycles. The van der Waals surface area contributed by atoms with Crippen molar-refractivity contribution in [1.82, 2.24) is 15.1 Å². The van der Waals surface area contributed by atoms with Gasteiger partial charge < -0.3 is 10.6 Å². The number of halogens is 1. The van der Waals surface area contributed by atoms with Crippen LogP contribution in [0.4, 0.5) is 0 Å². The summed E-state index contributed by atoms with van der Waals surface area (Å²) in [6.07, 6.45) is 3.15. The van der Waals surface area contributed by atoms with E-state index in [0.29, 0.717) is 35.3 Å². The SMILES string of the molecule is NC(=O)c1cccc(C[C@H]2CCN(C(=O)c3[nH]ncc3Cl)C2)c1. The van der Waals surface area contributed by atoms with Crippen LogP contribution >= 0.6 is 11.6 Å². The molecule has 120 valence electrons. The molecule has 6 nitrogen and oxygen atoms in total. The first-order valence-corrected chi connectivity index (χ1v) is 7.79. The Kier molecular flexibility index (Phi) is 4.34. The summed E-state index contributed by atoms with van der Waals surface area (Å²) in [7, 11) is 0. The Bertz CT molecular complexity index is 743. The number of nitrogens with zero attached hydrogens (tertiary/aromatic N) is 2. The third-order valence-electron chi connectivity index (χ3n) is 4.12. The van der Waals surface area contributed by atoms with Crippen molar-refractivity contribution in [2.45, 2.75) is 12.8 Å². The molecule has 7 heteroatoms. The lowest BCUT2D eigenvalue weighted by molar-refractivity contribution is 0.0781. The molecule has 0 bridgehead atoms. The quantitative estimate of drug-likeness (QED) is 0.895. The van der Waals surface area contributed by atoms with Crippen LogP contribution < -0.4 is 5.73 Å². The zero-order valence-electron chi connectivity index (χ0n) is 12.5. The average Bonchev–Trinajstić information content (AvgIpc) is 3.16. The van der Waals surface area contributed by atoms with E-state index in [9.17, 15) is 9.59 Å². The molecule has 23 heavy (non-hydrogen) atoms. The van der Waals surface area contributed by atoms with Gasteiger partial charge in [-0.1, -0.05) is 23.7 Å². The van der Waals surface area contributed by atoms with E-state index in [1.54, 1.807) is 11.0 Å². The van der Waals surface area contributed by atoms with Crippen LogP contribution in [0.2, 0.25) is 5.02 Å². The van der Waals surface area contributed by atoms with Gasteiger partial charge in [0.05, 0.1) is 11.2 Å². The summed E-state index contributed by atoms with van der Waals surface area (Å²) in [6, 6.07) is 7.33. The topological polar surface area (TPSA) is 92.1 Å². The second kappa shape index (κ2) is 6.42. The lowest BCUT2D eigenvalue weighted by Crippen LogP contribution is -2.29. The lowest BCUT2D eigenvalue weighted by Gasteiger charge is -2.16. The Morgan fingerprint density at radius 2 is 2.26 bits per heavy atom. The number of amides is 2. The van der Waals surface area contributed by atoms with E-state index in [2.05, 4.69) is 10.2 Å². The number of nitrogens with one attached hydrogen (secondary N) is 1. The number of benzene rings is 1. The monoisotopic (exact) mass is 332 g/mol. The zero-order chi connectivity index (χ0) is 16.4. The molecule has 2 heterocycles. The summed E-state index contributed by atoms with van der Waals surface area (Å²) in [4.78, 5) is 25.4. The number of nitrogens with two attached hydrogens (primary N) is 1. The molecule has 0 aliphatic carbocycles. The van der Waals surface area contributed by atoms with Gasteiger partial charge >= 0.3 is 0 Å². The van der Waals surface area contributed by atoms with Crippen molar-refractivity contribution in [3.05, 3.63) is 52.3 Å². The fourth-order valence-electron chi connectivity index (χ4n) is 2.95. The van der Waals surface area contributed by atoms with E-state index in [-0.39, 0.29) is 5.91 Å². The van der Waals surface area contributed by atoms with Crippen LogP contribution in [0.25, 0.3) is 0 Å².